The van der Waals surface area contributed by atoms with Crippen LogP contribution in [0.3, 0.4) is 0 Å². The number of fused-ring (bicyclic) bond motifs is 2. The minimum atomic E-state index is -1.50. The molecule has 6 rings (SSSR count). The molecule has 1 saturated heterocycles. The number of carbonyl (C=O) groups excluding carboxylic acids is 2. The van der Waals surface area contributed by atoms with E-state index in [1.165, 1.54) is 4.44 Å². The van der Waals surface area contributed by atoms with Gasteiger partial charge in [0.1, 0.15) is 0 Å². The molecule has 2 aliphatic heterocycles. The van der Waals surface area contributed by atoms with E-state index >= 15 is 0 Å². The average Bonchev–Trinajstić information content (AvgIpc) is 3.50. The minimum absolute atomic E-state index is 0.0657. The third-order valence-electron chi connectivity index (χ3n) is 7.09. The molecule has 1 amide bonds. The number of benzene rings is 2. The number of allylic oxidation sites excluding steroid dienone is 2. The van der Waals surface area contributed by atoms with Gasteiger partial charge in [-0.1, -0.05) is 0 Å². The number of carbonyl (C=O) groups is 2. The molecule has 0 saturated carbocycles. The first-order valence-electron chi connectivity index (χ1n) is 11.0. The standard InChI is InChI=1S/C25H21N3O5SSe/c1-31-15-7-3-13(4-8-15)17-11-18-20(22-19(12-34-18)35-28-26-22)21(14-5-9-16(32-2)10-6-14)25(17)23(29)27-33-24(25)30/h3-10,17,21H,11-12H2,1-2H3,(H,27,29). The first kappa shape index (κ1) is 22.4. The maximum atomic E-state index is 13.7. The Labute approximate surface area is 212 Å². The molecule has 0 bridgehead atoms. The van der Waals surface area contributed by atoms with E-state index in [1.54, 1.807) is 26.0 Å². The number of ether oxygens (including phenoxy) is 2. The topological polar surface area (TPSA) is 99.6 Å². The van der Waals surface area contributed by atoms with E-state index in [0.29, 0.717) is 17.9 Å². The molecular formula is C25H21N3O5SSe. The normalized spacial score (nSPS) is 25.1. The Kier molecular flexibility index (Phi) is 5.47. The fourth-order valence-electron chi connectivity index (χ4n) is 5.46. The number of aromatic nitrogens is 2. The summed E-state index contributed by atoms with van der Waals surface area (Å²) >= 11 is 1.70. The van der Waals surface area contributed by atoms with Crippen LogP contribution in [0.4, 0.5) is 0 Å². The summed E-state index contributed by atoms with van der Waals surface area (Å²) in [5.41, 5.74) is 4.36. The van der Waals surface area contributed by atoms with Gasteiger partial charge >= 0.3 is 212 Å². The second-order valence-corrected chi connectivity index (χ2v) is 11.4. The number of nitrogens with zero attached hydrogens (tertiary/aromatic N) is 2. The molecule has 3 heterocycles. The van der Waals surface area contributed by atoms with Crippen LogP contribution < -0.4 is 15.0 Å². The summed E-state index contributed by atoms with van der Waals surface area (Å²) in [5.74, 6) is 0.189. The Balaban J connectivity index is 1.63. The van der Waals surface area contributed by atoms with Crippen molar-refractivity contribution in [3.8, 4) is 11.5 Å². The quantitative estimate of drug-likeness (QED) is 0.388. The number of hydrogen-bond donors (Lipinski definition) is 1. The molecule has 2 aromatic carbocycles. The van der Waals surface area contributed by atoms with Crippen LogP contribution in [-0.4, -0.2) is 50.0 Å². The van der Waals surface area contributed by atoms with E-state index < -0.39 is 29.1 Å². The van der Waals surface area contributed by atoms with Gasteiger partial charge in [0.25, 0.3) is 0 Å². The Morgan fingerprint density at radius 2 is 1.69 bits per heavy atom. The molecule has 3 atom stereocenters. The number of amides is 1. The molecule has 8 nitrogen and oxygen atoms in total. The monoisotopic (exact) mass is 555 g/mol. The summed E-state index contributed by atoms with van der Waals surface area (Å²) in [6.45, 7) is 0. The van der Waals surface area contributed by atoms with Crippen molar-refractivity contribution in [1.29, 1.82) is 0 Å². The third kappa shape index (κ3) is 3.27. The number of methoxy groups -OCH3 is 2. The fourth-order valence-corrected chi connectivity index (χ4v) is 8.27. The van der Waals surface area contributed by atoms with Gasteiger partial charge in [-0.3, -0.25) is 0 Å². The molecule has 1 fully saturated rings. The van der Waals surface area contributed by atoms with Crippen LogP contribution in [0.2, 0.25) is 0 Å². The van der Waals surface area contributed by atoms with E-state index in [1.807, 2.05) is 48.5 Å². The molecule has 1 aliphatic carbocycles. The molecule has 178 valence electrons. The summed E-state index contributed by atoms with van der Waals surface area (Å²) in [5, 5.41) is 4.51. The molecule has 1 N–H and O–H groups in total. The van der Waals surface area contributed by atoms with Crippen molar-refractivity contribution in [1.82, 2.24) is 14.7 Å². The van der Waals surface area contributed by atoms with Gasteiger partial charge < -0.3 is 0 Å². The second kappa shape index (κ2) is 8.55. The molecule has 35 heavy (non-hydrogen) atoms. The molecule has 0 radical (unpaired) electrons. The zero-order valence-electron chi connectivity index (χ0n) is 18.9. The van der Waals surface area contributed by atoms with Crippen LogP contribution >= 0.6 is 11.8 Å². The molecule has 3 aliphatic rings. The van der Waals surface area contributed by atoms with E-state index in [0.717, 1.165) is 33.1 Å². The van der Waals surface area contributed by atoms with E-state index in [9.17, 15) is 9.59 Å². The van der Waals surface area contributed by atoms with Crippen molar-refractivity contribution in [2.45, 2.75) is 24.0 Å². The molecule has 10 heteroatoms. The Hall–Kier alpha value is -3.07. The van der Waals surface area contributed by atoms with Crippen molar-refractivity contribution < 1.29 is 23.9 Å². The molecule has 3 unspecified atom stereocenters. The van der Waals surface area contributed by atoms with Crippen molar-refractivity contribution in [3.63, 3.8) is 0 Å². The summed E-state index contributed by atoms with van der Waals surface area (Å²) in [4.78, 5) is 33.8. The number of hydroxylamine groups is 1. The summed E-state index contributed by atoms with van der Waals surface area (Å²) < 4.78 is 16.2. The predicted octanol–water partition coefficient (Wildman–Crippen LogP) is 3.05. The third-order valence-corrected chi connectivity index (χ3v) is 10.2. The van der Waals surface area contributed by atoms with Crippen LogP contribution in [0.5, 0.6) is 11.5 Å². The first-order chi connectivity index (χ1) is 17.1. The van der Waals surface area contributed by atoms with Gasteiger partial charge in [0, 0.05) is 0 Å². The fraction of sp³-hybridized carbons (Fsp3) is 0.280. The summed E-state index contributed by atoms with van der Waals surface area (Å²) in [6.07, 6.45) is 0.529. The van der Waals surface area contributed by atoms with Gasteiger partial charge in [-0.15, -0.1) is 0 Å². The zero-order chi connectivity index (χ0) is 24.2. The zero-order valence-corrected chi connectivity index (χ0v) is 21.5. The average molecular weight is 554 g/mol. The molecular weight excluding hydrogens is 533 g/mol. The Morgan fingerprint density at radius 1 is 1.03 bits per heavy atom. The van der Waals surface area contributed by atoms with Crippen molar-refractivity contribution in [3.05, 3.63) is 74.7 Å². The van der Waals surface area contributed by atoms with Gasteiger partial charge in [-0.2, -0.15) is 0 Å². The van der Waals surface area contributed by atoms with Crippen LogP contribution in [0.1, 0.15) is 39.5 Å². The summed E-state index contributed by atoms with van der Waals surface area (Å²) in [6, 6.07) is 15.1. The number of rotatable bonds is 4. The van der Waals surface area contributed by atoms with Crippen LogP contribution in [0.15, 0.2) is 53.4 Å². The molecule has 3 aromatic rings. The van der Waals surface area contributed by atoms with Crippen LogP contribution in [0, 0.1) is 5.41 Å². The Bertz CT molecular complexity index is 1340. The molecule has 1 spiro atoms. The van der Waals surface area contributed by atoms with Gasteiger partial charge in [0.2, 0.25) is 0 Å². The molecule has 1 aromatic heterocycles. The van der Waals surface area contributed by atoms with E-state index in [4.69, 9.17) is 14.3 Å². The predicted molar refractivity (Wildman–Crippen MR) is 130 cm³/mol. The second-order valence-electron chi connectivity index (χ2n) is 8.60. The van der Waals surface area contributed by atoms with Crippen LogP contribution in [-0.2, 0) is 20.2 Å². The van der Waals surface area contributed by atoms with Gasteiger partial charge in [-0.05, 0) is 0 Å². The number of thioether (sulfide) groups is 1. The van der Waals surface area contributed by atoms with Crippen molar-refractivity contribution in [2.75, 3.05) is 14.2 Å². The SMILES string of the molecule is COc1ccc(C2CC3=C(c4nn[se]c4CS3)C(c3ccc(OC)cc3)C23C(=O)NOC3=O)cc1. The van der Waals surface area contributed by atoms with E-state index in [-0.39, 0.29) is 14.7 Å². The van der Waals surface area contributed by atoms with Crippen molar-refractivity contribution in [2.24, 2.45) is 5.41 Å². The Morgan fingerprint density at radius 3 is 2.29 bits per heavy atom. The first-order valence-corrected chi connectivity index (χ1v) is 13.7. The summed E-state index contributed by atoms with van der Waals surface area (Å²) in [7, 11) is 3.21. The van der Waals surface area contributed by atoms with Crippen molar-refractivity contribution >= 4 is 43.9 Å². The number of nitrogens with one attached hydrogen (secondary N) is 1. The van der Waals surface area contributed by atoms with E-state index in [2.05, 4.69) is 14.7 Å². The number of hydrogen-bond acceptors (Lipinski definition) is 8. The maximum absolute atomic E-state index is 13.7. The van der Waals surface area contributed by atoms with Gasteiger partial charge in [0.15, 0.2) is 0 Å². The van der Waals surface area contributed by atoms with Crippen LogP contribution in [0.25, 0.3) is 5.57 Å². The van der Waals surface area contributed by atoms with Gasteiger partial charge in [-0.25, -0.2) is 0 Å². The van der Waals surface area contributed by atoms with Gasteiger partial charge in [0.05, 0.1) is 0 Å².